The number of carbonyl (C=O) groups is 1. The average Bonchev–Trinajstić information content (AvgIpc) is 2.87. The van der Waals surface area contributed by atoms with Crippen LogP contribution in [-0.2, 0) is 4.74 Å². The van der Waals surface area contributed by atoms with Crippen molar-refractivity contribution in [2.24, 2.45) is 0 Å². The fourth-order valence-corrected chi connectivity index (χ4v) is 2.14. The van der Waals surface area contributed by atoms with E-state index in [0.717, 1.165) is 15.7 Å². The summed E-state index contributed by atoms with van der Waals surface area (Å²) in [4.78, 5) is 17.0. The predicted molar refractivity (Wildman–Crippen MR) is 64.7 cm³/mol. The Morgan fingerprint density at radius 2 is 2.29 bits per heavy atom. The topological polar surface area (TPSA) is 57.0 Å². The van der Waals surface area contributed by atoms with Crippen molar-refractivity contribution in [3.8, 4) is 5.13 Å². The number of carbonyl (C=O) groups excluding carboxylic acids is 1. The van der Waals surface area contributed by atoms with E-state index in [1.165, 1.54) is 6.20 Å². The van der Waals surface area contributed by atoms with Gasteiger partial charge in [-0.25, -0.2) is 14.5 Å². The molecule has 5 nitrogen and oxygen atoms in total. The number of hydrogen-bond donors (Lipinski definition) is 0. The quantitative estimate of drug-likeness (QED) is 0.784. The Morgan fingerprint density at radius 3 is 2.88 bits per heavy atom. The first-order valence-electron chi connectivity index (χ1n) is 5.28. The van der Waals surface area contributed by atoms with E-state index in [4.69, 9.17) is 4.74 Å². The maximum Gasteiger partial charge on any atom is 0.341 e. The Balaban J connectivity index is 2.26. The third-order valence-corrected chi connectivity index (χ3v) is 3.37. The first-order chi connectivity index (χ1) is 8.11. The van der Waals surface area contributed by atoms with Crippen molar-refractivity contribution in [3.63, 3.8) is 0 Å². The minimum atomic E-state index is -0.358. The van der Waals surface area contributed by atoms with Crippen LogP contribution in [0.1, 0.15) is 27.9 Å². The van der Waals surface area contributed by atoms with Gasteiger partial charge in [0.25, 0.3) is 0 Å². The predicted octanol–water partition coefficient (Wildman–Crippen LogP) is 2.12. The summed E-state index contributed by atoms with van der Waals surface area (Å²) in [5, 5.41) is 4.87. The van der Waals surface area contributed by atoms with Crippen molar-refractivity contribution >= 4 is 17.3 Å². The van der Waals surface area contributed by atoms with E-state index in [9.17, 15) is 4.79 Å². The smallest absolute Gasteiger partial charge is 0.341 e. The number of thiazole rings is 1. The molecule has 0 unspecified atom stereocenters. The van der Waals surface area contributed by atoms with E-state index in [1.54, 1.807) is 29.1 Å². The lowest BCUT2D eigenvalue weighted by molar-refractivity contribution is 0.0526. The molecular weight excluding hydrogens is 238 g/mol. The molecule has 0 aliphatic rings. The summed E-state index contributed by atoms with van der Waals surface area (Å²) in [7, 11) is 0. The SMILES string of the molecule is CCOC(=O)c1cnn(-c2nc(C)c(C)s2)c1. The number of aryl methyl sites for hydroxylation is 2. The second-order valence-electron chi connectivity index (χ2n) is 3.53. The van der Waals surface area contributed by atoms with Gasteiger partial charge in [-0.15, -0.1) is 0 Å². The first-order valence-corrected chi connectivity index (χ1v) is 6.09. The number of rotatable bonds is 3. The van der Waals surface area contributed by atoms with Crippen LogP contribution in [0.25, 0.3) is 5.13 Å². The molecule has 2 aromatic heterocycles. The number of hydrogen-bond acceptors (Lipinski definition) is 5. The molecule has 6 heteroatoms. The molecule has 0 bridgehead atoms. The van der Waals surface area contributed by atoms with Crippen LogP contribution in [0.5, 0.6) is 0 Å². The van der Waals surface area contributed by atoms with Gasteiger partial charge in [0.2, 0.25) is 5.13 Å². The Labute approximate surface area is 103 Å². The molecule has 0 aromatic carbocycles. The lowest BCUT2D eigenvalue weighted by Crippen LogP contribution is -2.03. The second-order valence-corrected chi connectivity index (χ2v) is 4.71. The number of esters is 1. The van der Waals surface area contributed by atoms with E-state index >= 15 is 0 Å². The van der Waals surface area contributed by atoms with E-state index in [2.05, 4.69) is 10.1 Å². The van der Waals surface area contributed by atoms with Crippen molar-refractivity contribution in [1.29, 1.82) is 0 Å². The zero-order valence-corrected chi connectivity index (χ0v) is 10.7. The van der Waals surface area contributed by atoms with Crippen molar-refractivity contribution in [2.75, 3.05) is 6.61 Å². The third-order valence-electron chi connectivity index (χ3n) is 2.31. The zero-order chi connectivity index (χ0) is 12.4. The van der Waals surface area contributed by atoms with Gasteiger partial charge in [0.1, 0.15) is 0 Å². The molecule has 2 aromatic rings. The minimum absolute atomic E-state index is 0.358. The van der Waals surface area contributed by atoms with E-state index in [0.29, 0.717) is 12.2 Å². The van der Waals surface area contributed by atoms with Gasteiger partial charge >= 0.3 is 5.97 Å². The van der Waals surface area contributed by atoms with Crippen LogP contribution in [0.15, 0.2) is 12.4 Å². The molecule has 0 atom stereocenters. The largest absolute Gasteiger partial charge is 0.462 e. The summed E-state index contributed by atoms with van der Waals surface area (Å²) in [5.41, 5.74) is 1.43. The monoisotopic (exact) mass is 251 g/mol. The molecule has 2 heterocycles. The Morgan fingerprint density at radius 1 is 1.53 bits per heavy atom. The van der Waals surface area contributed by atoms with Crippen molar-refractivity contribution in [3.05, 3.63) is 28.5 Å². The van der Waals surface area contributed by atoms with Crippen molar-refractivity contribution in [2.45, 2.75) is 20.8 Å². The standard InChI is InChI=1S/C11H13N3O2S/c1-4-16-10(15)9-5-12-14(6-9)11-13-7(2)8(3)17-11/h5-6H,4H2,1-3H3. The van der Waals surface area contributed by atoms with E-state index in [1.807, 2.05) is 13.8 Å². The van der Waals surface area contributed by atoms with Gasteiger partial charge < -0.3 is 4.74 Å². The van der Waals surface area contributed by atoms with Gasteiger partial charge in [-0.2, -0.15) is 5.10 Å². The molecule has 0 saturated carbocycles. The summed E-state index contributed by atoms with van der Waals surface area (Å²) >= 11 is 1.54. The highest BCUT2D eigenvalue weighted by Gasteiger charge is 2.12. The molecule has 0 spiro atoms. The Kier molecular flexibility index (Phi) is 3.23. The molecule has 0 N–H and O–H groups in total. The summed E-state index contributed by atoms with van der Waals surface area (Å²) in [6.07, 6.45) is 3.12. The molecule has 0 amide bonds. The summed E-state index contributed by atoms with van der Waals surface area (Å²) in [6.45, 7) is 6.09. The van der Waals surface area contributed by atoms with Gasteiger partial charge in [-0.1, -0.05) is 11.3 Å². The van der Waals surface area contributed by atoms with Crippen LogP contribution in [0.4, 0.5) is 0 Å². The van der Waals surface area contributed by atoms with Crippen LogP contribution in [0.2, 0.25) is 0 Å². The molecule has 0 radical (unpaired) electrons. The van der Waals surface area contributed by atoms with Crippen molar-refractivity contribution in [1.82, 2.24) is 14.8 Å². The van der Waals surface area contributed by atoms with Gasteiger partial charge in [0.15, 0.2) is 0 Å². The van der Waals surface area contributed by atoms with E-state index in [-0.39, 0.29) is 5.97 Å². The third kappa shape index (κ3) is 2.36. The van der Waals surface area contributed by atoms with Gasteiger partial charge in [0, 0.05) is 11.1 Å². The number of aromatic nitrogens is 3. The lowest BCUT2D eigenvalue weighted by atomic mass is 10.4. The lowest BCUT2D eigenvalue weighted by Gasteiger charge is -1.96. The molecule has 17 heavy (non-hydrogen) atoms. The molecule has 90 valence electrons. The van der Waals surface area contributed by atoms with Gasteiger partial charge in [0.05, 0.1) is 24.1 Å². The van der Waals surface area contributed by atoms with Crippen LogP contribution >= 0.6 is 11.3 Å². The highest BCUT2D eigenvalue weighted by molar-refractivity contribution is 7.14. The van der Waals surface area contributed by atoms with Gasteiger partial charge in [-0.3, -0.25) is 0 Å². The molecule has 0 fully saturated rings. The second kappa shape index (κ2) is 4.67. The normalized spacial score (nSPS) is 10.5. The Bertz CT molecular complexity index is 525. The maximum absolute atomic E-state index is 11.5. The maximum atomic E-state index is 11.5. The number of ether oxygens (including phenoxy) is 1. The zero-order valence-electron chi connectivity index (χ0n) is 9.93. The van der Waals surface area contributed by atoms with Crippen LogP contribution in [0, 0.1) is 13.8 Å². The molecule has 0 saturated heterocycles. The fraction of sp³-hybridized carbons (Fsp3) is 0.364. The number of nitrogens with zero attached hydrogens (tertiary/aromatic N) is 3. The highest BCUT2D eigenvalue weighted by atomic mass is 32.1. The molecule has 0 aliphatic heterocycles. The molecule has 2 rings (SSSR count). The molecular formula is C11H13N3O2S. The fourth-order valence-electron chi connectivity index (χ4n) is 1.30. The average molecular weight is 251 g/mol. The van der Waals surface area contributed by atoms with Crippen LogP contribution in [-0.4, -0.2) is 27.3 Å². The van der Waals surface area contributed by atoms with Crippen LogP contribution < -0.4 is 0 Å². The van der Waals surface area contributed by atoms with Crippen LogP contribution in [0.3, 0.4) is 0 Å². The van der Waals surface area contributed by atoms with Gasteiger partial charge in [-0.05, 0) is 20.8 Å². The first kappa shape index (κ1) is 11.8. The van der Waals surface area contributed by atoms with E-state index < -0.39 is 0 Å². The summed E-state index contributed by atoms with van der Waals surface area (Å²) in [6, 6.07) is 0. The summed E-state index contributed by atoms with van der Waals surface area (Å²) in [5.74, 6) is -0.358. The highest BCUT2D eigenvalue weighted by Crippen LogP contribution is 2.20. The minimum Gasteiger partial charge on any atom is -0.462 e. The molecule has 0 aliphatic carbocycles. The summed E-state index contributed by atoms with van der Waals surface area (Å²) < 4.78 is 6.49. The van der Waals surface area contributed by atoms with Crippen molar-refractivity contribution < 1.29 is 9.53 Å². The Hall–Kier alpha value is -1.69.